The second-order valence-corrected chi connectivity index (χ2v) is 4.58. The third-order valence-corrected chi connectivity index (χ3v) is 2.88. The molecule has 0 bridgehead atoms. The van der Waals surface area contributed by atoms with Crippen molar-refractivity contribution < 1.29 is 14.5 Å². The van der Waals surface area contributed by atoms with E-state index in [4.69, 9.17) is 4.74 Å². The van der Waals surface area contributed by atoms with Gasteiger partial charge in [-0.05, 0) is 12.1 Å². The van der Waals surface area contributed by atoms with Crippen LogP contribution in [0.15, 0.2) is 24.3 Å². The molecule has 0 amide bonds. The van der Waals surface area contributed by atoms with Crippen LogP contribution in [-0.2, 0) is 4.79 Å². The summed E-state index contributed by atoms with van der Waals surface area (Å²) in [5.74, 6) is 1.04. The number of benzene rings is 1. The predicted molar refractivity (Wildman–Crippen MR) is 71.8 cm³/mol. The van der Waals surface area contributed by atoms with E-state index >= 15 is 0 Å². The molecule has 1 aromatic carbocycles. The van der Waals surface area contributed by atoms with Crippen LogP contribution < -0.4 is 4.74 Å². The molecule has 96 valence electrons. The third kappa shape index (κ3) is 4.21. The van der Waals surface area contributed by atoms with Gasteiger partial charge in [0.15, 0.2) is 5.12 Å². The van der Waals surface area contributed by atoms with Crippen LogP contribution in [0.2, 0.25) is 0 Å². The molecule has 0 aliphatic rings. The first-order valence-electron chi connectivity index (χ1n) is 5.17. The summed E-state index contributed by atoms with van der Waals surface area (Å²) in [6, 6.07) is 4.53. The third-order valence-electron chi connectivity index (χ3n) is 2.11. The van der Waals surface area contributed by atoms with Crippen LogP contribution >= 0.6 is 11.8 Å². The van der Waals surface area contributed by atoms with Crippen molar-refractivity contribution in [2.75, 3.05) is 12.9 Å². The van der Waals surface area contributed by atoms with Gasteiger partial charge in [-0.25, -0.2) is 0 Å². The number of nitro groups is 1. The molecule has 0 spiro atoms. The molecule has 6 heteroatoms. The van der Waals surface area contributed by atoms with E-state index in [1.807, 2.05) is 0 Å². The van der Waals surface area contributed by atoms with Gasteiger partial charge in [0, 0.05) is 18.7 Å². The maximum atomic E-state index is 10.8. The molecule has 18 heavy (non-hydrogen) atoms. The minimum Gasteiger partial charge on any atom is -0.497 e. The highest BCUT2D eigenvalue weighted by Crippen LogP contribution is 2.25. The van der Waals surface area contributed by atoms with Crippen molar-refractivity contribution in [3.05, 3.63) is 40.0 Å². The molecule has 0 aliphatic heterocycles. The molecule has 0 saturated heterocycles. The van der Waals surface area contributed by atoms with E-state index in [0.29, 0.717) is 17.1 Å². The Morgan fingerprint density at radius 1 is 1.56 bits per heavy atom. The Hall–Kier alpha value is -1.82. The first-order valence-corrected chi connectivity index (χ1v) is 6.15. The highest BCUT2D eigenvalue weighted by molar-refractivity contribution is 8.13. The van der Waals surface area contributed by atoms with Crippen LogP contribution in [0.5, 0.6) is 5.75 Å². The molecule has 0 aromatic heterocycles. The summed E-state index contributed by atoms with van der Waals surface area (Å²) >= 11 is 1.15. The molecular formula is C12H13NO4S. The molecule has 0 saturated carbocycles. The van der Waals surface area contributed by atoms with E-state index in [9.17, 15) is 14.9 Å². The van der Waals surface area contributed by atoms with Gasteiger partial charge < -0.3 is 4.74 Å². The van der Waals surface area contributed by atoms with Crippen molar-refractivity contribution in [2.24, 2.45) is 0 Å². The van der Waals surface area contributed by atoms with Crippen LogP contribution in [0.3, 0.4) is 0 Å². The summed E-state index contributed by atoms with van der Waals surface area (Å²) in [7, 11) is 1.50. The van der Waals surface area contributed by atoms with Gasteiger partial charge >= 0.3 is 0 Å². The lowest BCUT2D eigenvalue weighted by Crippen LogP contribution is -1.93. The molecule has 0 N–H and O–H groups in total. The van der Waals surface area contributed by atoms with Gasteiger partial charge in [-0.15, -0.1) is 0 Å². The number of nitrogens with zero attached hydrogens (tertiary/aromatic N) is 1. The largest absolute Gasteiger partial charge is 0.497 e. The molecule has 5 nitrogen and oxygen atoms in total. The SMILES string of the molecule is COc1ccc([N+](=O)[O-])c(C=CCSC(C)=O)c1. The molecule has 0 heterocycles. The molecule has 1 rings (SSSR count). The fourth-order valence-electron chi connectivity index (χ4n) is 1.30. The Morgan fingerprint density at radius 3 is 2.83 bits per heavy atom. The first kappa shape index (κ1) is 14.2. The highest BCUT2D eigenvalue weighted by Gasteiger charge is 2.11. The van der Waals surface area contributed by atoms with Crippen molar-refractivity contribution in [3.8, 4) is 5.75 Å². The van der Waals surface area contributed by atoms with Gasteiger partial charge in [0.05, 0.1) is 17.6 Å². The van der Waals surface area contributed by atoms with E-state index in [-0.39, 0.29) is 10.8 Å². The lowest BCUT2D eigenvalue weighted by atomic mass is 10.1. The Kier molecular flexibility index (Phi) is 5.38. The Balaban J connectivity index is 2.90. The summed E-state index contributed by atoms with van der Waals surface area (Å²) < 4.78 is 5.02. The normalized spacial score (nSPS) is 10.6. The smallest absolute Gasteiger partial charge is 0.276 e. The molecule has 0 unspecified atom stereocenters. The average Bonchev–Trinajstić information content (AvgIpc) is 2.33. The molecule has 1 aromatic rings. The van der Waals surface area contributed by atoms with Crippen molar-refractivity contribution in [1.82, 2.24) is 0 Å². The number of hydrogen-bond donors (Lipinski definition) is 0. The van der Waals surface area contributed by atoms with Gasteiger partial charge in [-0.3, -0.25) is 14.9 Å². The molecule has 0 fully saturated rings. The zero-order valence-electron chi connectivity index (χ0n) is 10.1. The summed E-state index contributed by atoms with van der Waals surface area (Å²) in [5, 5.41) is 10.8. The van der Waals surface area contributed by atoms with Gasteiger partial charge in [0.1, 0.15) is 5.75 Å². The number of hydrogen-bond acceptors (Lipinski definition) is 5. The molecular weight excluding hydrogens is 254 g/mol. The second kappa shape index (κ2) is 6.80. The Labute approximate surface area is 109 Å². The topological polar surface area (TPSA) is 69.4 Å². The average molecular weight is 267 g/mol. The maximum Gasteiger partial charge on any atom is 0.276 e. The summed E-state index contributed by atoms with van der Waals surface area (Å²) in [6.45, 7) is 1.48. The van der Waals surface area contributed by atoms with Gasteiger partial charge in [-0.1, -0.05) is 23.9 Å². The number of nitro benzene ring substituents is 1. The van der Waals surface area contributed by atoms with E-state index < -0.39 is 4.92 Å². The van der Waals surface area contributed by atoms with Gasteiger partial charge in [-0.2, -0.15) is 0 Å². The standard InChI is InChI=1S/C12H13NO4S/c1-9(14)18-7-3-4-10-8-11(17-2)5-6-12(10)13(15)16/h3-6,8H,7H2,1-2H3. The number of thioether (sulfide) groups is 1. The minimum absolute atomic E-state index is 0.0137. The van der Waals surface area contributed by atoms with E-state index in [0.717, 1.165) is 11.8 Å². The van der Waals surface area contributed by atoms with Gasteiger partial charge in [0.25, 0.3) is 5.69 Å². The summed E-state index contributed by atoms with van der Waals surface area (Å²) in [5.41, 5.74) is 0.475. The first-order chi connectivity index (χ1) is 8.54. The lowest BCUT2D eigenvalue weighted by molar-refractivity contribution is -0.385. The molecule has 0 atom stereocenters. The van der Waals surface area contributed by atoms with Gasteiger partial charge in [0.2, 0.25) is 0 Å². The van der Waals surface area contributed by atoms with Crippen LogP contribution in [0.4, 0.5) is 5.69 Å². The number of carbonyl (C=O) groups is 1. The van der Waals surface area contributed by atoms with Crippen molar-refractivity contribution in [3.63, 3.8) is 0 Å². The Morgan fingerprint density at radius 2 is 2.28 bits per heavy atom. The zero-order chi connectivity index (χ0) is 13.5. The van der Waals surface area contributed by atoms with Crippen molar-refractivity contribution in [1.29, 1.82) is 0 Å². The molecule has 0 radical (unpaired) electrons. The summed E-state index contributed by atoms with van der Waals surface area (Å²) in [4.78, 5) is 21.1. The highest BCUT2D eigenvalue weighted by atomic mass is 32.2. The lowest BCUT2D eigenvalue weighted by Gasteiger charge is -2.02. The Bertz CT molecular complexity index is 485. The maximum absolute atomic E-state index is 10.8. The van der Waals surface area contributed by atoms with Crippen LogP contribution in [0.25, 0.3) is 6.08 Å². The van der Waals surface area contributed by atoms with Crippen LogP contribution in [0.1, 0.15) is 12.5 Å². The second-order valence-electron chi connectivity index (χ2n) is 3.39. The zero-order valence-corrected chi connectivity index (χ0v) is 10.9. The van der Waals surface area contributed by atoms with E-state index in [2.05, 4.69) is 0 Å². The van der Waals surface area contributed by atoms with E-state index in [1.165, 1.54) is 20.1 Å². The van der Waals surface area contributed by atoms with Crippen LogP contribution in [-0.4, -0.2) is 22.9 Å². The predicted octanol–water partition coefficient (Wildman–Crippen LogP) is 2.90. The van der Waals surface area contributed by atoms with E-state index in [1.54, 1.807) is 24.3 Å². The van der Waals surface area contributed by atoms with Crippen molar-refractivity contribution >= 4 is 28.6 Å². The molecule has 0 aliphatic carbocycles. The number of ether oxygens (including phenoxy) is 1. The fourth-order valence-corrected chi connectivity index (χ4v) is 1.73. The quantitative estimate of drug-likeness (QED) is 0.606. The number of rotatable bonds is 5. The minimum atomic E-state index is -0.447. The monoisotopic (exact) mass is 267 g/mol. The van der Waals surface area contributed by atoms with Crippen molar-refractivity contribution in [2.45, 2.75) is 6.92 Å². The van der Waals surface area contributed by atoms with Crippen LogP contribution in [0, 0.1) is 10.1 Å². The fraction of sp³-hybridized carbons (Fsp3) is 0.250. The number of carbonyl (C=O) groups excluding carboxylic acids is 1. The summed E-state index contributed by atoms with van der Waals surface area (Å²) in [6.07, 6.45) is 3.34. The number of methoxy groups -OCH3 is 1.